The smallest absolute Gasteiger partial charge is 0.271 e. The molecule has 2 aromatic rings. The Kier molecular flexibility index (Phi) is 5.94. The minimum Gasteiger partial charge on any atom is -0.278 e. The van der Waals surface area contributed by atoms with Crippen molar-refractivity contribution >= 4 is 28.7 Å². The molecule has 25 heavy (non-hydrogen) atoms. The van der Waals surface area contributed by atoms with Crippen LogP contribution in [0.3, 0.4) is 0 Å². The maximum absolute atomic E-state index is 11.9. The van der Waals surface area contributed by atoms with Crippen molar-refractivity contribution in [2.75, 3.05) is 5.43 Å². The minimum atomic E-state index is -0.468. The van der Waals surface area contributed by atoms with Gasteiger partial charge in [0.2, 0.25) is 0 Å². The molecule has 0 aliphatic carbocycles. The summed E-state index contributed by atoms with van der Waals surface area (Å²) in [5.41, 5.74) is 7.46. The fourth-order valence-electron chi connectivity index (χ4n) is 1.76. The predicted molar refractivity (Wildman–Crippen MR) is 96.8 cm³/mol. The zero-order chi connectivity index (χ0) is 18.2. The molecule has 0 aliphatic rings. The summed E-state index contributed by atoms with van der Waals surface area (Å²) in [5, 5.41) is 18.7. The van der Waals surface area contributed by atoms with E-state index in [1.165, 1.54) is 12.1 Å². The van der Waals surface area contributed by atoms with E-state index in [0.29, 0.717) is 22.7 Å². The van der Waals surface area contributed by atoms with Crippen molar-refractivity contribution in [2.24, 2.45) is 10.2 Å². The summed E-state index contributed by atoms with van der Waals surface area (Å²) in [6, 6.07) is 14.6. The van der Waals surface area contributed by atoms with Gasteiger partial charge in [0.25, 0.3) is 11.6 Å². The molecular formula is C17H17N5O3. The topological polar surface area (TPSA) is 109 Å². The molecule has 0 atom stereocenters. The second-order valence-corrected chi connectivity index (χ2v) is 5.12. The quantitative estimate of drug-likeness (QED) is 0.478. The Balaban J connectivity index is 1.96. The predicted octanol–water partition coefficient (Wildman–Crippen LogP) is 3.19. The van der Waals surface area contributed by atoms with Crippen LogP contribution < -0.4 is 10.9 Å². The molecule has 0 unspecified atom stereocenters. The van der Waals surface area contributed by atoms with Gasteiger partial charge in [-0.15, -0.1) is 0 Å². The minimum absolute atomic E-state index is 0.00705. The van der Waals surface area contributed by atoms with Crippen LogP contribution in [-0.2, 0) is 0 Å². The SMILES string of the molecule is CC(=N\NC(=O)c1ccccc1)/C(C)=N/Nc1ccc([N+](=O)[O-])cc1. The number of hydrogen-bond donors (Lipinski definition) is 2. The van der Waals surface area contributed by atoms with Crippen molar-refractivity contribution in [2.45, 2.75) is 13.8 Å². The van der Waals surface area contributed by atoms with Gasteiger partial charge in [0.15, 0.2) is 0 Å². The van der Waals surface area contributed by atoms with E-state index in [-0.39, 0.29) is 11.6 Å². The molecule has 0 saturated carbocycles. The van der Waals surface area contributed by atoms with Gasteiger partial charge in [-0.2, -0.15) is 10.2 Å². The third-order valence-electron chi connectivity index (χ3n) is 3.32. The number of nitro benzene ring substituents is 1. The van der Waals surface area contributed by atoms with Crippen molar-refractivity contribution in [3.8, 4) is 0 Å². The molecule has 0 heterocycles. The Morgan fingerprint density at radius 3 is 2.16 bits per heavy atom. The van der Waals surface area contributed by atoms with E-state index in [0.717, 1.165) is 0 Å². The number of carbonyl (C=O) groups is 1. The van der Waals surface area contributed by atoms with Crippen molar-refractivity contribution in [1.82, 2.24) is 5.43 Å². The molecule has 0 saturated heterocycles. The molecule has 2 aromatic carbocycles. The Morgan fingerprint density at radius 1 is 0.960 bits per heavy atom. The fourth-order valence-corrected chi connectivity index (χ4v) is 1.76. The summed E-state index contributed by atoms with van der Waals surface area (Å²) in [5.74, 6) is -0.309. The highest BCUT2D eigenvalue weighted by molar-refractivity contribution is 6.40. The van der Waals surface area contributed by atoms with Crippen LogP contribution in [0.4, 0.5) is 11.4 Å². The number of nitro groups is 1. The third-order valence-corrected chi connectivity index (χ3v) is 3.32. The van der Waals surface area contributed by atoms with Crippen LogP contribution >= 0.6 is 0 Å². The maximum atomic E-state index is 11.9. The van der Waals surface area contributed by atoms with Crippen LogP contribution in [0.25, 0.3) is 0 Å². The molecule has 0 radical (unpaired) electrons. The average Bonchev–Trinajstić information content (AvgIpc) is 2.64. The highest BCUT2D eigenvalue weighted by atomic mass is 16.6. The van der Waals surface area contributed by atoms with Crippen molar-refractivity contribution in [3.05, 3.63) is 70.3 Å². The average molecular weight is 339 g/mol. The Morgan fingerprint density at radius 2 is 1.56 bits per heavy atom. The molecule has 0 spiro atoms. The lowest BCUT2D eigenvalue weighted by molar-refractivity contribution is -0.384. The van der Waals surface area contributed by atoms with E-state index in [4.69, 9.17) is 0 Å². The number of non-ortho nitro benzene ring substituents is 1. The summed E-state index contributed by atoms with van der Waals surface area (Å²) < 4.78 is 0. The van der Waals surface area contributed by atoms with E-state index in [1.54, 1.807) is 50.2 Å². The normalized spacial score (nSPS) is 11.8. The Bertz CT molecular complexity index is 814. The van der Waals surface area contributed by atoms with Crippen LogP contribution in [0.1, 0.15) is 24.2 Å². The first-order chi connectivity index (χ1) is 12.0. The highest BCUT2D eigenvalue weighted by Crippen LogP contribution is 2.15. The Labute approximate surface area is 144 Å². The van der Waals surface area contributed by atoms with E-state index < -0.39 is 4.92 Å². The number of carbonyl (C=O) groups excluding carboxylic acids is 1. The first-order valence-electron chi connectivity index (χ1n) is 7.42. The van der Waals surface area contributed by atoms with Gasteiger partial charge in [-0.05, 0) is 38.1 Å². The molecule has 0 fully saturated rings. The summed E-state index contributed by atoms with van der Waals surface area (Å²) >= 11 is 0. The van der Waals surface area contributed by atoms with Gasteiger partial charge >= 0.3 is 0 Å². The zero-order valence-corrected chi connectivity index (χ0v) is 13.8. The second-order valence-electron chi connectivity index (χ2n) is 5.12. The molecule has 128 valence electrons. The molecule has 0 aromatic heterocycles. The number of anilines is 1. The van der Waals surface area contributed by atoms with E-state index in [2.05, 4.69) is 21.1 Å². The summed E-state index contributed by atoms with van der Waals surface area (Å²) in [4.78, 5) is 22.0. The number of rotatable bonds is 6. The molecule has 8 heteroatoms. The third kappa shape index (κ3) is 5.24. The summed E-state index contributed by atoms with van der Waals surface area (Å²) in [6.07, 6.45) is 0. The largest absolute Gasteiger partial charge is 0.278 e. The molecule has 0 bridgehead atoms. The summed E-state index contributed by atoms with van der Waals surface area (Å²) in [6.45, 7) is 3.44. The zero-order valence-electron chi connectivity index (χ0n) is 13.8. The van der Waals surface area contributed by atoms with E-state index >= 15 is 0 Å². The number of nitrogens with one attached hydrogen (secondary N) is 2. The standard InChI is InChI=1S/C17H17N5O3/c1-12(18-20-15-8-10-16(11-9-15)22(24)25)13(2)19-21-17(23)14-6-4-3-5-7-14/h3-11,20H,1-2H3,(H,21,23)/b18-12+,19-13+. The lowest BCUT2D eigenvalue weighted by atomic mass is 10.2. The number of amides is 1. The van der Waals surface area contributed by atoms with Gasteiger partial charge < -0.3 is 0 Å². The number of benzene rings is 2. The van der Waals surface area contributed by atoms with Crippen molar-refractivity contribution in [3.63, 3.8) is 0 Å². The van der Waals surface area contributed by atoms with Crippen LogP contribution in [0.2, 0.25) is 0 Å². The lowest BCUT2D eigenvalue weighted by Gasteiger charge is -2.04. The molecule has 0 aliphatic heterocycles. The van der Waals surface area contributed by atoms with Crippen LogP contribution in [0, 0.1) is 10.1 Å². The lowest BCUT2D eigenvalue weighted by Crippen LogP contribution is -2.21. The van der Waals surface area contributed by atoms with Gasteiger partial charge in [-0.1, -0.05) is 18.2 Å². The van der Waals surface area contributed by atoms with E-state index in [1.807, 2.05) is 6.07 Å². The van der Waals surface area contributed by atoms with E-state index in [9.17, 15) is 14.9 Å². The highest BCUT2D eigenvalue weighted by Gasteiger charge is 2.05. The first kappa shape index (κ1) is 17.8. The molecular weight excluding hydrogens is 322 g/mol. The first-order valence-corrected chi connectivity index (χ1v) is 7.42. The van der Waals surface area contributed by atoms with Crippen LogP contribution in [-0.4, -0.2) is 22.3 Å². The van der Waals surface area contributed by atoms with Gasteiger partial charge in [-0.25, -0.2) is 5.43 Å². The monoisotopic (exact) mass is 339 g/mol. The number of nitrogens with zero attached hydrogens (tertiary/aromatic N) is 3. The number of hydrogen-bond acceptors (Lipinski definition) is 6. The van der Waals surface area contributed by atoms with Crippen LogP contribution in [0.15, 0.2) is 64.8 Å². The molecule has 1 amide bonds. The molecule has 2 N–H and O–H groups in total. The van der Waals surface area contributed by atoms with Crippen molar-refractivity contribution in [1.29, 1.82) is 0 Å². The fraction of sp³-hybridized carbons (Fsp3) is 0.118. The molecule has 2 rings (SSSR count). The number of hydrazone groups is 2. The van der Waals surface area contributed by atoms with Gasteiger partial charge in [0.1, 0.15) is 0 Å². The van der Waals surface area contributed by atoms with Gasteiger partial charge in [0.05, 0.1) is 22.0 Å². The second kappa shape index (κ2) is 8.34. The summed E-state index contributed by atoms with van der Waals surface area (Å²) in [7, 11) is 0. The maximum Gasteiger partial charge on any atom is 0.271 e. The Hall–Kier alpha value is -3.55. The van der Waals surface area contributed by atoms with Crippen molar-refractivity contribution < 1.29 is 9.72 Å². The van der Waals surface area contributed by atoms with Gasteiger partial charge in [0, 0.05) is 17.7 Å². The van der Waals surface area contributed by atoms with Crippen LogP contribution in [0.5, 0.6) is 0 Å². The molecule has 8 nitrogen and oxygen atoms in total. The van der Waals surface area contributed by atoms with Gasteiger partial charge in [-0.3, -0.25) is 20.3 Å².